The molecule has 0 fully saturated rings. The maximum absolute atomic E-state index is 6.33. The van der Waals surface area contributed by atoms with E-state index in [0.29, 0.717) is 11.2 Å². The molecule has 0 saturated carbocycles. The number of para-hydroxylation sites is 1. The van der Waals surface area contributed by atoms with Crippen molar-refractivity contribution in [1.29, 1.82) is 0 Å². The number of aryl methyl sites for hydroxylation is 2. The van der Waals surface area contributed by atoms with Crippen molar-refractivity contribution in [2.45, 2.75) is 66.3 Å². The van der Waals surface area contributed by atoms with Gasteiger partial charge in [-0.3, -0.25) is 0 Å². The molecule has 0 aliphatic carbocycles. The third-order valence-corrected chi connectivity index (χ3v) is 5.97. The molecule has 2 N–H and O–H groups in total. The third-order valence-electron chi connectivity index (χ3n) is 5.97. The fraction of sp³-hybridized carbons (Fsp3) is 0.407. The van der Waals surface area contributed by atoms with Gasteiger partial charge in [0, 0.05) is 18.4 Å². The first-order valence-electron chi connectivity index (χ1n) is 11.5. The van der Waals surface area contributed by atoms with Crippen molar-refractivity contribution >= 4 is 27.8 Å². The molecule has 2 aromatic heterocycles. The molecule has 0 radical (unpaired) electrons. The van der Waals surface area contributed by atoms with Crippen molar-refractivity contribution in [2.75, 3.05) is 5.73 Å². The Labute approximate surface area is 185 Å². The number of unbranched alkanes of at least 4 members (excludes halogenated alkanes) is 1. The first-order valence-corrected chi connectivity index (χ1v) is 11.5. The van der Waals surface area contributed by atoms with Gasteiger partial charge < -0.3 is 10.3 Å². The van der Waals surface area contributed by atoms with Gasteiger partial charge in [0.05, 0.1) is 11.0 Å². The molecule has 4 rings (SSSR count). The number of fused-ring (bicyclic) bond motifs is 3. The Kier molecular flexibility index (Phi) is 5.99. The molecule has 2 heterocycles. The highest BCUT2D eigenvalue weighted by Gasteiger charge is 2.17. The summed E-state index contributed by atoms with van der Waals surface area (Å²) in [5.74, 6) is 1.61. The summed E-state index contributed by atoms with van der Waals surface area (Å²) >= 11 is 0. The largest absolute Gasteiger partial charge is 0.382 e. The minimum absolute atomic E-state index is 0.359. The van der Waals surface area contributed by atoms with Crippen LogP contribution in [0.3, 0.4) is 0 Å². The van der Waals surface area contributed by atoms with Crippen molar-refractivity contribution in [3.63, 3.8) is 0 Å². The lowest BCUT2D eigenvalue weighted by atomic mass is 9.88. The second kappa shape index (κ2) is 8.70. The zero-order chi connectivity index (χ0) is 22.0. The Morgan fingerprint density at radius 2 is 1.61 bits per heavy atom. The number of aromatic nitrogens is 3. The molecule has 2 aromatic carbocycles. The van der Waals surface area contributed by atoms with Crippen LogP contribution in [0.5, 0.6) is 0 Å². The first kappa shape index (κ1) is 21.4. The zero-order valence-corrected chi connectivity index (χ0v) is 19.3. The van der Waals surface area contributed by atoms with Gasteiger partial charge in [-0.05, 0) is 41.9 Å². The number of imidazole rings is 1. The molecule has 0 saturated heterocycles. The highest BCUT2D eigenvalue weighted by Crippen LogP contribution is 2.30. The van der Waals surface area contributed by atoms with Gasteiger partial charge in [-0.1, -0.05) is 76.6 Å². The second-order valence-electron chi connectivity index (χ2n) is 9.81. The van der Waals surface area contributed by atoms with Crippen molar-refractivity contribution in [2.24, 2.45) is 5.41 Å². The monoisotopic (exact) mass is 414 g/mol. The molecule has 162 valence electrons. The molecule has 31 heavy (non-hydrogen) atoms. The van der Waals surface area contributed by atoms with Crippen molar-refractivity contribution < 1.29 is 0 Å². The summed E-state index contributed by atoms with van der Waals surface area (Å²) in [7, 11) is 0. The Morgan fingerprint density at radius 3 is 2.32 bits per heavy atom. The SMILES string of the molecule is CCCCc1nc2c(N)nc3ccccc3c2n1Cc1ccc(CCC(C)(C)C)cc1. The average molecular weight is 415 g/mol. The first-order chi connectivity index (χ1) is 14.9. The predicted octanol–water partition coefficient (Wildman–Crippen LogP) is 6.54. The number of nitrogens with two attached hydrogens (primary N) is 1. The van der Waals surface area contributed by atoms with Gasteiger partial charge in [-0.2, -0.15) is 0 Å². The molecule has 0 bridgehead atoms. The Bertz CT molecular complexity index is 1180. The van der Waals surface area contributed by atoms with Crippen molar-refractivity contribution in [1.82, 2.24) is 14.5 Å². The summed E-state index contributed by atoms with van der Waals surface area (Å²) in [4.78, 5) is 9.54. The number of rotatable bonds is 7. The summed E-state index contributed by atoms with van der Waals surface area (Å²) in [6, 6.07) is 17.3. The number of nitrogen functional groups attached to an aromatic ring is 1. The molecule has 0 unspecified atom stereocenters. The van der Waals surface area contributed by atoms with E-state index in [2.05, 4.69) is 73.6 Å². The van der Waals surface area contributed by atoms with Gasteiger partial charge >= 0.3 is 0 Å². The molecular formula is C27H34N4. The quantitative estimate of drug-likeness (QED) is 0.374. The maximum Gasteiger partial charge on any atom is 0.152 e. The number of pyridine rings is 1. The van der Waals surface area contributed by atoms with Crippen LogP contribution >= 0.6 is 0 Å². The molecule has 0 amide bonds. The van der Waals surface area contributed by atoms with Crippen LogP contribution in [0, 0.1) is 5.41 Å². The van der Waals surface area contributed by atoms with Gasteiger partial charge in [0.2, 0.25) is 0 Å². The van der Waals surface area contributed by atoms with E-state index in [1.165, 1.54) is 17.5 Å². The number of hydrogen-bond acceptors (Lipinski definition) is 3. The fourth-order valence-electron chi connectivity index (χ4n) is 4.11. The molecule has 0 spiro atoms. The summed E-state index contributed by atoms with van der Waals surface area (Å²) in [5.41, 5.74) is 12.2. The third kappa shape index (κ3) is 4.73. The van der Waals surface area contributed by atoms with Crippen molar-refractivity contribution in [3.05, 3.63) is 65.5 Å². The van der Waals surface area contributed by atoms with Crippen LogP contribution in [-0.4, -0.2) is 14.5 Å². The molecule has 0 aliphatic rings. The standard InChI is InChI=1S/C27H34N4/c1-5-6-11-23-30-24-25(21-9-7-8-10-22(21)29-26(24)28)31(23)18-20-14-12-19(13-15-20)16-17-27(2,3)4/h7-10,12-15H,5-6,11,16-18H2,1-4H3,(H2,28,29). The average Bonchev–Trinajstić information content (AvgIpc) is 3.10. The van der Waals surface area contributed by atoms with E-state index < -0.39 is 0 Å². The summed E-state index contributed by atoms with van der Waals surface area (Å²) < 4.78 is 2.36. The smallest absolute Gasteiger partial charge is 0.152 e. The Balaban J connectivity index is 1.73. The van der Waals surface area contributed by atoms with E-state index in [1.54, 1.807) is 0 Å². The number of hydrogen-bond donors (Lipinski definition) is 1. The second-order valence-corrected chi connectivity index (χ2v) is 9.81. The topological polar surface area (TPSA) is 56.7 Å². The normalized spacial score (nSPS) is 12.1. The molecule has 4 nitrogen and oxygen atoms in total. The van der Waals surface area contributed by atoms with E-state index in [9.17, 15) is 0 Å². The predicted molar refractivity (Wildman–Crippen MR) is 131 cm³/mol. The van der Waals surface area contributed by atoms with E-state index in [-0.39, 0.29) is 0 Å². The van der Waals surface area contributed by atoms with Gasteiger partial charge in [-0.15, -0.1) is 0 Å². The Morgan fingerprint density at radius 1 is 0.903 bits per heavy atom. The Hall–Kier alpha value is -2.88. The molecular weight excluding hydrogens is 380 g/mol. The highest BCUT2D eigenvalue weighted by molar-refractivity contribution is 6.06. The van der Waals surface area contributed by atoms with Gasteiger partial charge in [0.15, 0.2) is 5.82 Å². The van der Waals surface area contributed by atoms with Crippen LogP contribution in [0.4, 0.5) is 5.82 Å². The van der Waals surface area contributed by atoms with Gasteiger partial charge in [-0.25, -0.2) is 9.97 Å². The van der Waals surface area contributed by atoms with E-state index in [0.717, 1.165) is 60.0 Å². The van der Waals surface area contributed by atoms with E-state index >= 15 is 0 Å². The lowest BCUT2D eigenvalue weighted by Gasteiger charge is -2.18. The van der Waals surface area contributed by atoms with Crippen LogP contribution < -0.4 is 5.73 Å². The summed E-state index contributed by atoms with van der Waals surface area (Å²) in [6.07, 6.45) is 5.51. The number of nitrogens with zero attached hydrogens (tertiary/aromatic N) is 3. The molecule has 0 atom stereocenters. The van der Waals surface area contributed by atoms with E-state index in [4.69, 9.17) is 10.7 Å². The molecule has 4 heteroatoms. The van der Waals surface area contributed by atoms with Crippen LogP contribution in [0.15, 0.2) is 48.5 Å². The molecule has 0 aliphatic heterocycles. The number of anilines is 1. The zero-order valence-electron chi connectivity index (χ0n) is 19.3. The minimum Gasteiger partial charge on any atom is -0.382 e. The van der Waals surface area contributed by atoms with Crippen LogP contribution in [0.2, 0.25) is 0 Å². The highest BCUT2D eigenvalue weighted by atomic mass is 15.1. The van der Waals surface area contributed by atoms with Crippen molar-refractivity contribution in [3.8, 4) is 0 Å². The summed E-state index contributed by atoms with van der Waals surface area (Å²) in [5, 5.41) is 1.11. The fourth-order valence-corrected chi connectivity index (χ4v) is 4.11. The van der Waals surface area contributed by atoms with Crippen LogP contribution in [0.1, 0.15) is 63.9 Å². The lowest BCUT2D eigenvalue weighted by molar-refractivity contribution is 0.378. The molecule has 4 aromatic rings. The van der Waals surface area contributed by atoms with Gasteiger partial charge in [0.1, 0.15) is 11.3 Å². The maximum atomic E-state index is 6.33. The van der Waals surface area contributed by atoms with E-state index in [1.807, 2.05) is 12.1 Å². The van der Waals surface area contributed by atoms with Crippen LogP contribution in [0.25, 0.3) is 21.9 Å². The summed E-state index contributed by atoms with van der Waals surface area (Å²) in [6.45, 7) is 9.91. The lowest BCUT2D eigenvalue weighted by Crippen LogP contribution is -2.07. The minimum atomic E-state index is 0.359. The number of benzene rings is 2. The van der Waals surface area contributed by atoms with Crippen LogP contribution in [-0.2, 0) is 19.4 Å². The van der Waals surface area contributed by atoms with Gasteiger partial charge in [0.25, 0.3) is 0 Å².